The molecule has 2 bridgehead atoms. The maximum absolute atomic E-state index is 4.54. The predicted molar refractivity (Wildman–Crippen MR) is 47.3 cm³/mol. The molecule has 0 spiro atoms. The molecule has 0 saturated heterocycles. The summed E-state index contributed by atoms with van der Waals surface area (Å²) < 4.78 is 0. The molecule has 56 valence electrons. The summed E-state index contributed by atoms with van der Waals surface area (Å²) in [5.41, 5.74) is 0. The number of hydrogen-bond donors (Lipinski definition) is 1. The topological polar surface area (TPSA) is 0 Å². The minimum Gasteiger partial charge on any atom is -0.176 e. The van der Waals surface area contributed by atoms with Crippen molar-refractivity contribution in [3.8, 4) is 0 Å². The lowest BCUT2D eigenvalue weighted by Crippen LogP contribution is -2.15. The van der Waals surface area contributed by atoms with Gasteiger partial charge in [0, 0.05) is 5.25 Å². The minimum absolute atomic E-state index is 0.709. The van der Waals surface area contributed by atoms with Gasteiger partial charge < -0.3 is 0 Å². The first-order valence-electron chi connectivity index (χ1n) is 4.12. The molecule has 4 atom stereocenters. The van der Waals surface area contributed by atoms with Gasteiger partial charge in [0.15, 0.2) is 0 Å². The van der Waals surface area contributed by atoms with Gasteiger partial charge in [0.25, 0.3) is 0 Å². The number of fused-ring (bicyclic) bond motifs is 2. The summed E-state index contributed by atoms with van der Waals surface area (Å²) in [6, 6.07) is 0. The molecule has 0 heterocycles. The minimum atomic E-state index is 0.709. The first-order valence-corrected chi connectivity index (χ1v) is 4.63. The van der Waals surface area contributed by atoms with Crippen LogP contribution in [0.3, 0.4) is 0 Å². The van der Waals surface area contributed by atoms with E-state index in [0.29, 0.717) is 5.25 Å². The lowest BCUT2D eigenvalue weighted by atomic mass is 9.89. The first kappa shape index (κ1) is 6.78. The standard InChI is InChI=1S/C9H14S/c1-2-6-3-8-4-7(6)5-9(8)10/h2,6-10H,1,3-5H2. The van der Waals surface area contributed by atoms with E-state index in [1.165, 1.54) is 19.3 Å². The van der Waals surface area contributed by atoms with Crippen LogP contribution >= 0.6 is 12.6 Å². The molecule has 0 aromatic carbocycles. The molecule has 10 heavy (non-hydrogen) atoms. The van der Waals surface area contributed by atoms with E-state index in [9.17, 15) is 0 Å². The van der Waals surface area contributed by atoms with E-state index >= 15 is 0 Å². The van der Waals surface area contributed by atoms with Crippen molar-refractivity contribution in [2.75, 3.05) is 0 Å². The third-order valence-corrected chi connectivity index (χ3v) is 3.81. The van der Waals surface area contributed by atoms with E-state index < -0.39 is 0 Å². The van der Waals surface area contributed by atoms with Crippen molar-refractivity contribution >= 4 is 12.6 Å². The second-order valence-electron chi connectivity index (χ2n) is 3.69. The quantitative estimate of drug-likeness (QED) is 0.435. The smallest absolute Gasteiger partial charge is 0.00482 e. The van der Waals surface area contributed by atoms with Crippen molar-refractivity contribution in [1.29, 1.82) is 0 Å². The largest absolute Gasteiger partial charge is 0.176 e. The molecule has 0 radical (unpaired) electrons. The van der Waals surface area contributed by atoms with Gasteiger partial charge in [0.05, 0.1) is 0 Å². The highest BCUT2D eigenvalue weighted by atomic mass is 32.1. The molecule has 4 unspecified atom stereocenters. The van der Waals surface area contributed by atoms with Crippen molar-refractivity contribution in [3.63, 3.8) is 0 Å². The number of hydrogen-bond acceptors (Lipinski definition) is 1. The molecule has 2 saturated carbocycles. The Morgan fingerprint density at radius 2 is 2.00 bits per heavy atom. The monoisotopic (exact) mass is 154 g/mol. The Bertz CT molecular complexity index is 151. The van der Waals surface area contributed by atoms with E-state index in [-0.39, 0.29) is 0 Å². The van der Waals surface area contributed by atoms with Crippen LogP contribution in [0.2, 0.25) is 0 Å². The Morgan fingerprint density at radius 3 is 2.40 bits per heavy atom. The average molecular weight is 154 g/mol. The van der Waals surface area contributed by atoms with Crippen molar-refractivity contribution < 1.29 is 0 Å². The van der Waals surface area contributed by atoms with Crippen LogP contribution in [0.25, 0.3) is 0 Å². The third kappa shape index (κ3) is 0.833. The van der Waals surface area contributed by atoms with E-state index in [4.69, 9.17) is 0 Å². The van der Waals surface area contributed by atoms with E-state index in [0.717, 1.165) is 17.8 Å². The number of allylic oxidation sites excluding steroid dienone is 1. The van der Waals surface area contributed by atoms with Gasteiger partial charge in [-0.05, 0) is 37.0 Å². The molecule has 0 nitrogen and oxygen atoms in total. The summed E-state index contributed by atoms with van der Waals surface area (Å²) in [5, 5.41) is 0.709. The molecule has 2 aliphatic carbocycles. The van der Waals surface area contributed by atoms with Crippen LogP contribution in [0.1, 0.15) is 19.3 Å². The Balaban J connectivity index is 2.08. The Labute approximate surface area is 68.1 Å². The van der Waals surface area contributed by atoms with Gasteiger partial charge in [-0.1, -0.05) is 6.08 Å². The zero-order valence-electron chi connectivity index (χ0n) is 6.16. The van der Waals surface area contributed by atoms with Gasteiger partial charge in [-0.2, -0.15) is 12.6 Å². The van der Waals surface area contributed by atoms with Crippen LogP contribution in [0.15, 0.2) is 12.7 Å². The van der Waals surface area contributed by atoms with Crippen LogP contribution in [0, 0.1) is 17.8 Å². The van der Waals surface area contributed by atoms with Gasteiger partial charge >= 0.3 is 0 Å². The first-order chi connectivity index (χ1) is 4.81. The summed E-state index contributed by atoms with van der Waals surface area (Å²) in [6.45, 7) is 3.86. The molecule has 0 amide bonds. The van der Waals surface area contributed by atoms with Crippen LogP contribution in [0.5, 0.6) is 0 Å². The van der Waals surface area contributed by atoms with Crippen LogP contribution in [-0.4, -0.2) is 5.25 Å². The molecule has 0 N–H and O–H groups in total. The molecule has 2 fully saturated rings. The van der Waals surface area contributed by atoms with Gasteiger partial charge in [0.1, 0.15) is 0 Å². The maximum atomic E-state index is 4.54. The highest BCUT2D eigenvalue weighted by Crippen LogP contribution is 2.50. The van der Waals surface area contributed by atoms with Crippen molar-refractivity contribution in [3.05, 3.63) is 12.7 Å². The Morgan fingerprint density at radius 1 is 1.20 bits per heavy atom. The van der Waals surface area contributed by atoms with Gasteiger partial charge in [-0.25, -0.2) is 0 Å². The zero-order chi connectivity index (χ0) is 7.14. The normalized spacial score (nSPS) is 51.7. The van der Waals surface area contributed by atoms with Gasteiger partial charge in [0.2, 0.25) is 0 Å². The summed E-state index contributed by atoms with van der Waals surface area (Å²) in [5.74, 6) is 2.68. The average Bonchev–Trinajstić information content (AvgIpc) is 2.44. The third-order valence-electron chi connectivity index (χ3n) is 3.18. The molecule has 2 rings (SSSR count). The molecular formula is C9H14S. The maximum Gasteiger partial charge on any atom is 0.00482 e. The Hall–Kier alpha value is 0.0900. The van der Waals surface area contributed by atoms with Gasteiger partial charge in [-0.3, -0.25) is 0 Å². The second kappa shape index (κ2) is 2.30. The van der Waals surface area contributed by atoms with E-state index in [2.05, 4.69) is 25.3 Å². The second-order valence-corrected chi connectivity index (χ2v) is 4.36. The van der Waals surface area contributed by atoms with Crippen molar-refractivity contribution in [2.24, 2.45) is 17.8 Å². The van der Waals surface area contributed by atoms with E-state index in [1.54, 1.807) is 0 Å². The lowest BCUT2D eigenvalue weighted by Gasteiger charge is -2.21. The fourth-order valence-corrected chi connectivity index (χ4v) is 3.09. The fourth-order valence-electron chi connectivity index (χ4n) is 2.58. The lowest BCUT2D eigenvalue weighted by molar-refractivity contribution is 0.404. The summed E-state index contributed by atoms with van der Waals surface area (Å²) in [4.78, 5) is 0. The molecule has 0 aliphatic heterocycles. The molecule has 0 aromatic rings. The Kier molecular flexibility index (Phi) is 1.56. The molecule has 1 heteroatoms. The van der Waals surface area contributed by atoms with Crippen molar-refractivity contribution in [1.82, 2.24) is 0 Å². The summed E-state index contributed by atoms with van der Waals surface area (Å²) in [6.07, 6.45) is 6.27. The summed E-state index contributed by atoms with van der Waals surface area (Å²) in [7, 11) is 0. The van der Waals surface area contributed by atoms with Crippen LogP contribution < -0.4 is 0 Å². The summed E-state index contributed by atoms with van der Waals surface area (Å²) >= 11 is 4.54. The number of rotatable bonds is 1. The highest BCUT2D eigenvalue weighted by molar-refractivity contribution is 7.81. The SMILES string of the molecule is C=CC1CC2CC1CC2S. The van der Waals surface area contributed by atoms with Crippen LogP contribution in [0.4, 0.5) is 0 Å². The predicted octanol–water partition coefficient (Wildman–Crippen LogP) is 2.52. The highest BCUT2D eigenvalue weighted by Gasteiger charge is 2.42. The molecule has 2 aliphatic rings. The molecular weight excluding hydrogens is 140 g/mol. The fraction of sp³-hybridized carbons (Fsp3) is 0.778. The molecule has 0 aromatic heterocycles. The van der Waals surface area contributed by atoms with Crippen LogP contribution in [-0.2, 0) is 0 Å². The number of thiol groups is 1. The zero-order valence-corrected chi connectivity index (χ0v) is 7.06. The van der Waals surface area contributed by atoms with E-state index in [1.807, 2.05) is 0 Å². The van der Waals surface area contributed by atoms with Crippen molar-refractivity contribution in [2.45, 2.75) is 24.5 Å². The van der Waals surface area contributed by atoms with Gasteiger partial charge in [-0.15, -0.1) is 6.58 Å².